The predicted octanol–water partition coefficient (Wildman–Crippen LogP) is 0.0859. The summed E-state index contributed by atoms with van der Waals surface area (Å²) in [6.45, 7) is 3.10. The lowest BCUT2D eigenvalue weighted by Gasteiger charge is -2.21. The van der Waals surface area contributed by atoms with Crippen molar-refractivity contribution in [2.45, 2.75) is 19.8 Å². The first kappa shape index (κ1) is 11.6. The molecule has 1 rings (SSSR count). The molecule has 0 aromatic rings. The zero-order chi connectivity index (χ0) is 11.3. The zero-order valence-corrected chi connectivity index (χ0v) is 8.60. The Balaban J connectivity index is 2.55. The molecule has 0 radical (unpaired) electrons. The minimum Gasteiger partial charge on any atom is -0.477 e. The number of ether oxygens (including phenoxy) is 1. The quantitative estimate of drug-likeness (QED) is 0.657. The van der Waals surface area contributed by atoms with E-state index in [2.05, 4.69) is 5.10 Å². The van der Waals surface area contributed by atoms with Gasteiger partial charge in [-0.25, -0.2) is 9.80 Å². The van der Waals surface area contributed by atoms with Crippen molar-refractivity contribution >= 4 is 17.6 Å². The Labute approximate surface area is 87.5 Å². The fourth-order valence-electron chi connectivity index (χ4n) is 1.23. The summed E-state index contributed by atoms with van der Waals surface area (Å²) in [5, 5.41) is 13.6. The average molecular weight is 214 g/mol. The predicted molar refractivity (Wildman–Crippen MR) is 52.5 cm³/mol. The number of carbonyl (C=O) groups excluding carboxylic acids is 1. The van der Waals surface area contributed by atoms with Gasteiger partial charge in [-0.15, -0.1) is 0 Å². The minimum absolute atomic E-state index is 0.0334. The van der Waals surface area contributed by atoms with Gasteiger partial charge in [0.15, 0.2) is 0 Å². The Morgan fingerprint density at radius 2 is 2.33 bits per heavy atom. The van der Waals surface area contributed by atoms with Gasteiger partial charge < -0.3 is 9.84 Å². The lowest BCUT2D eigenvalue weighted by atomic mass is 10.2. The molecule has 0 aromatic heterocycles. The van der Waals surface area contributed by atoms with Crippen molar-refractivity contribution in [2.24, 2.45) is 5.10 Å². The summed E-state index contributed by atoms with van der Waals surface area (Å²) in [6.07, 6.45) is 0.413. The molecule has 1 aliphatic rings. The molecule has 15 heavy (non-hydrogen) atoms. The van der Waals surface area contributed by atoms with Gasteiger partial charge in [0.05, 0.1) is 13.2 Å². The number of amides is 1. The van der Waals surface area contributed by atoms with Crippen molar-refractivity contribution < 1.29 is 19.4 Å². The largest absolute Gasteiger partial charge is 0.477 e. The van der Waals surface area contributed by atoms with E-state index in [0.717, 1.165) is 0 Å². The number of hydrazone groups is 1. The van der Waals surface area contributed by atoms with Crippen LogP contribution < -0.4 is 0 Å². The Kier molecular flexibility index (Phi) is 4.23. The molecule has 0 bridgehead atoms. The van der Waals surface area contributed by atoms with Crippen LogP contribution in [-0.4, -0.2) is 47.5 Å². The van der Waals surface area contributed by atoms with Crippen molar-refractivity contribution in [1.29, 1.82) is 0 Å². The highest BCUT2D eigenvalue weighted by Gasteiger charge is 2.23. The SMILES string of the molecule is CCOCCN1N=C(C(=O)O)CCC1=O. The summed E-state index contributed by atoms with van der Waals surface area (Å²) in [7, 11) is 0. The normalized spacial score (nSPS) is 16.5. The van der Waals surface area contributed by atoms with Crippen molar-refractivity contribution in [2.75, 3.05) is 19.8 Å². The van der Waals surface area contributed by atoms with E-state index in [0.29, 0.717) is 19.8 Å². The highest BCUT2D eigenvalue weighted by atomic mass is 16.5. The summed E-state index contributed by atoms with van der Waals surface area (Å²) < 4.78 is 5.07. The number of aliphatic carboxylic acids is 1. The molecule has 1 aliphatic heterocycles. The van der Waals surface area contributed by atoms with E-state index in [1.54, 1.807) is 0 Å². The van der Waals surface area contributed by atoms with Crippen molar-refractivity contribution in [3.63, 3.8) is 0 Å². The third kappa shape index (κ3) is 3.32. The minimum atomic E-state index is -1.07. The van der Waals surface area contributed by atoms with Gasteiger partial charge in [-0.05, 0) is 6.92 Å². The second-order valence-electron chi connectivity index (χ2n) is 3.07. The van der Waals surface area contributed by atoms with Crippen LogP contribution in [0.5, 0.6) is 0 Å². The third-order valence-electron chi connectivity index (χ3n) is 2.00. The highest BCUT2D eigenvalue weighted by Crippen LogP contribution is 2.08. The van der Waals surface area contributed by atoms with Gasteiger partial charge in [0.25, 0.3) is 0 Å². The van der Waals surface area contributed by atoms with Crippen LogP contribution in [0.25, 0.3) is 0 Å². The molecular weight excluding hydrogens is 200 g/mol. The summed E-state index contributed by atoms with van der Waals surface area (Å²) in [5.74, 6) is -1.22. The van der Waals surface area contributed by atoms with Crippen LogP contribution in [-0.2, 0) is 14.3 Å². The lowest BCUT2D eigenvalue weighted by molar-refractivity contribution is -0.133. The number of carboxylic acids is 1. The van der Waals surface area contributed by atoms with E-state index in [4.69, 9.17) is 9.84 Å². The average Bonchev–Trinajstić information content (AvgIpc) is 2.20. The topological polar surface area (TPSA) is 79.2 Å². The molecule has 0 saturated heterocycles. The van der Waals surface area contributed by atoms with Gasteiger partial charge >= 0.3 is 5.97 Å². The van der Waals surface area contributed by atoms with Gasteiger partial charge in [0.2, 0.25) is 5.91 Å². The number of nitrogens with zero attached hydrogens (tertiary/aromatic N) is 2. The summed E-state index contributed by atoms with van der Waals surface area (Å²) in [4.78, 5) is 22.0. The van der Waals surface area contributed by atoms with E-state index in [1.165, 1.54) is 5.01 Å². The Bertz CT molecular complexity index is 288. The van der Waals surface area contributed by atoms with Crippen LogP contribution >= 0.6 is 0 Å². The fourth-order valence-corrected chi connectivity index (χ4v) is 1.23. The summed E-state index contributed by atoms with van der Waals surface area (Å²) in [6, 6.07) is 0. The maximum absolute atomic E-state index is 11.3. The van der Waals surface area contributed by atoms with Crippen molar-refractivity contribution in [3.8, 4) is 0 Å². The molecule has 84 valence electrons. The third-order valence-corrected chi connectivity index (χ3v) is 2.00. The van der Waals surface area contributed by atoms with Crippen LogP contribution in [0.15, 0.2) is 5.10 Å². The Morgan fingerprint density at radius 1 is 1.60 bits per heavy atom. The zero-order valence-electron chi connectivity index (χ0n) is 8.60. The Hall–Kier alpha value is -1.43. The van der Waals surface area contributed by atoms with Gasteiger partial charge in [-0.2, -0.15) is 5.10 Å². The molecule has 0 spiro atoms. The fraction of sp³-hybridized carbons (Fsp3) is 0.667. The number of carbonyl (C=O) groups is 2. The first-order chi connectivity index (χ1) is 7.15. The monoisotopic (exact) mass is 214 g/mol. The number of hydrogen-bond donors (Lipinski definition) is 1. The molecule has 6 nitrogen and oxygen atoms in total. The molecule has 0 aromatic carbocycles. The van der Waals surface area contributed by atoms with Crippen LogP contribution in [0.4, 0.5) is 0 Å². The van der Waals surface area contributed by atoms with Crippen LogP contribution in [0.2, 0.25) is 0 Å². The summed E-state index contributed by atoms with van der Waals surface area (Å²) in [5.41, 5.74) is 0.0334. The van der Waals surface area contributed by atoms with Gasteiger partial charge in [-0.1, -0.05) is 0 Å². The second kappa shape index (κ2) is 5.45. The first-order valence-electron chi connectivity index (χ1n) is 4.84. The van der Waals surface area contributed by atoms with E-state index in [1.807, 2.05) is 6.92 Å². The van der Waals surface area contributed by atoms with Crippen LogP contribution in [0.1, 0.15) is 19.8 Å². The van der Waals surface area contributed by atoms with E-state index in [9.17, 15) is 9.59 Å². The van der Waals surface area contributed by atoms with Crippen LogP contribution in [0, 0.1) is 0 Å². The molecule has 6 heteroatoms. The van der Waals surface area contributed by atoms with Gasteiger partial charge in [-0.3, -0.25) is 4.79 Å². The second-order valence-corrected chi connectivity index (χ2v) is 3.07. The smallest absolute Gasteiger partial charge is 0.352 e. The molecule has 0 saturated carbocycles. The molecule has 1 amide bonds. The number of carboxylic acid groups (broad SMARTS) is 1. The lowest BCUT2D eigenvalue weighted by Crippen LogP contribution is -2.36. The molecular formula is C9H14N2O4. The molecule has 0 aliphatic carbocycles. The molecule has 0 fully saturated rings. The standard InChI is InChI=1S/C9H14N2O4/c1-2-15-6-5-11-8(12)4-3-7(10-11)9(13)14/h2-6H2,1H3,(H,13,14). The summed E-state index contributed by atoms with van der Waals surface area (Å²) >= 11 is 0. The van der Waals surface area contributed by atoms with E-state index in [-0.39, 0.29) is 24.5 Å². The Morgan fingerprint density at radius 3 is 2.93 bits per heavy atom. The molecule has 0 unspecified atom stereocenters. The highest BCUT2D eigenvalue weighted by molar-refractivity contribution is 6.36. The molecule has 1 heterocycles. The maximum Gasteiger partial charge on any atom is 0.352 e. The van der Waals surface area contributed by atoms with Crippen molar-refractivity contribution in [1.82, 2.24) is 5.01 Å². The molecule has 0 atom stereocenters. The van der Waals surface area contributed by atoms with Gasteiger partial charge in [0.1, 0.15) is 5.71 Å². The van der Waals surface area contributed by atoms with Crippen LogP contribution in [0.3, 0.4) is 0 Å². The van der Waals surface area contributed by atoms with E-state index >= 15 is 0 Å². The molecule has 1 N–H and O–H groups in total. The number of hydrogen-bond acceptors (Lipinski definition) is 4. The van der Waals surface area contributed by atoms with E-state index < -0.39 is 5.97 Å². The maximum atomic E-state index is 11.3. The van der Waals surface area contributed by atoms with Crippen molar-refractivity contribution in [3.05, 3.63) is 0 Å². The first-order valence-corrected chi connectivity index (χ1v) is 4.84. The van der Waals surface area contributed by atoms with Gasteiger partial charge in [0, 0.05) is 19.4 Å². The number of rotatable bonds is 5.